The van der Waals surface area contributed by atoms with Gasteiger partial charge in [-0.2, -0.15) is 0 Å². The third kappa shape index (κ3) is 4.41. The van der Waals surface area contributed by atoms with Gasteiger partial charge in [0.2, 0.25) is 5.78 Å². The SMILES string of the molecule is N=C/C(C(=O)NC(Cc1ccoc1)C(=O)C(N)=O)=C(\N)c1ccccn1. The molecule has 0 saturated carbocycles. The van der Waals surface area contributed by atoms with Crippen LogP contribution in [0.4, 0.5) is 0 Å². The first-order chi connectivity index (χ1) is 12.4. The number of nitrogens with two attached hydrogens (primary N) is 2. The van der Waals surface area contributed by atoms with E-state index in [2.05, 4.69) is 10.3 Å². The number of nitrogens with one attached hydrogen (secondary N) is 2. The molecule has 26 heavy (non-hydrogen) atoms. The first kappa shape index (κ1) is 18.6. The van der Waals surface area contributed by atoms with Crippen LogP contribution in [0.2, 0.25) is 0 Å². The molecule has 0 aliphatic carbocycles. The highest BCUT2D eigenvalue weighted by Crippen LogP contribution is 2.11. The molecule has 9 heteroatoms. The van der Waals surface area contributed by atoms with E-state index in [1.807, 2.05) is 0 Å². The zero-order chi connectivity index (χ0) is 19.1. The van der Waals surface area contributed by atoms with E-state index in [1.165, 1.54) is 18.7 Å². The summed E-state index contributed by atoms with van der Waals surface area (Å²) >= 11 is 0. The molecule has 9 nitrogen and oxygen atoms in total. The van der Waals surface area contributed by atoms with Crippen LogP contribution >= 0.6 is 0 Å². The molecule has 0 spiro atoms. The lowest BCUT2D eigenvalue weighted by atomic mass is 10.0. The van der Waals surface area contributed by atoms with Crippen molar-refractivity contribution in [2.75, 3.05) is 0 Å². The van der Waals surface area contributed by atoms with Gasteiger partial charge in [0.25, 0.3) is 11.8 Å². The zero-order valence-corrected chi connectivity index (χ0v) is 13.6. The predicted octanol–water partition coefficient (Wildman–Crippen LogP) is -0.224. The number of furan rings is 1. The highest BCUT2D eigenvalue weighted by Gasteiger charge is 2.27. The monoisotopic (exact) mass is 355 g/mol. The minimum atomic E-state index is -1.22. The molecule has 2 amide bonds. The fraction of sp³-hybridized carbons (Fsp3) is 0.118. The van der Waals surface area contributed by atoms with Gasteiger partial charge in [-0.1, -0.05) is 6.07 Å². The zero-order valence-electron chi connectivity index (χ0n) is 13.6. The maximum atomic E-state index is 12.5. The molecule has 0 aliphatic heterocycles. The van der Waals surface area contributed by atoms with Gasteiger partial charge >= 0.3 is 0 Å². The largest absolute Gasteiger partial charge is 0.472 e. The number of Topliss-reactive ketones (excluding diaryl/α,β-unsaturated/α-hetero) is 1. The van der Waals surface area contributed by atoms with Crippen molar-refractivity contribution in [3.05, 3.63) is 59.8 Å². The molecule has 2 aromatic heterocycles. The fourth-order valence-corrected chi connectivity index (χ4v) is 2.19. The Hall–Kier alpha value is -3.75. The summed E-state index contributed by atoms with van der Waals surface area (Å²) in [7, 11) is 0. The third-order valence-electron chi connectivity index (χ3n) is 3.50. The molecule has 0 radical (unpaired) electrons. The Balaban J connectivity index is 2.28. The van der Waals surface area contributed by atoms with E-state index in [0.717, 1.165) is 6.21 Å². The molecule has 134 valence electrons. The summed E-state index contributed by atoms with van der Waals surface area (Å²) in [5, 5.41) is 9.85. The van der Waals surface area contributed by atoms with E-state index in [-0.39, 0.29) is 17.7 Å². The first-order valence-corrected chi connectivity index (χ1v) is 7.51. The average molecular weight is 355 g/mol. The van der Waals surface area contributed by atoms with Crippen LogP contribution in [0, 0.1) is 5.41 Å². The number of amides is 2. The molecule has 0 aromatic carbocycles. The highest BCUT2D eigenvalue weighted by atomic mass is 16.3. The Labute approximate surface area is 148 Å². The van der Waals surface area contributed by atoms with E-state index >= 15 is 0 Å². The van der Waals surface area contributed by atoms with Crippen molar-refractivity contribution >= 4 is 29.5 Å². The van der Waals surface area contributed by atoms with Crippen molar-refractivity contribution in [2.24, 2.45) is 11.5 Å². The van der Waals surface area contributed by atoms with Crippen LogP contribution in [0.3, 0.4) is 0 Å². The topological polar surface area (TPSA) is 165 Å². The van der Waals surface area contributed by atoms with Crippen molar-refractivity contribution in [3.63, 3.8) is 0 Å². The fourth-order valence-electron chi connectivity index (χ4n) is 2.19. The number of carbonyl (C=O) groups is 3. The molecule has 6 N–H and O–H groups in total. The number of hydrogen-bond donors (Lipinski definition) is 4. The van der Waals surface area contributed by atoms with Crippen LogP contribution in [0.5, 0.6) is 0 Å². The van der Waals surface area contributed by atoms with Crippen molar-refractivity contribution in [1.82, 2.24) is 10.3 Å². The van der Waals surface area contributed by atoms with Gasteiger partial charge in [-0.05, 0) is 23.8 Å². The summed E-state index contributed by atoms with van der Waals surface area (Å²) in [5.74, 6) is -2.96. The number of carbonyl (C=O) groups excluding carboxylic acids is 3. The smallest absolute Gasteiger partial charge is 0.287 e. The number of primary amides is 1. The van der Waals surface area contributed by atoms with Gasteiger partial charge in [0, 0.05) is 18.8 Å². The lowest BCUT2D eigenvalue weighted by Crippen LogP contribution is -2.48. The molecule has 0 aliphatic rings. The van der Waals surface area contributed by atoms with Crippen LogP contribution < -0.4 is 16.8 Å². The molecule has 2 heterocycles. The van der Waals surface area contributed by atoms with Crippen LogP contribution in [0.25, 0.3) is 5.70 Å². The van der Waals surface area contributed by atoms with Crippen molar-refractivity contribution in [1.29, 1.82) is 5.41 Å². The van der Waals surface area contributed by atoms with E-state index in [4.69, 9.17) is 21.3 Å². The standard InChI is InChI=1S/C17H17N5O4/c18-8-11(14(19)12-3-1-2-5-21-12)17(25)22-13(15(23)16(20)24)7-10-4-6-26-9-10/h1-6,8-9,13,18H,7,19H2,(H2,20,24)(H,22,25)/b14-11+,18-8?. The van der Waals surface area contributed by atoms with Gasteiger partial charge in [0.1, 0.15) is 6.04 Å². The van der Waals surface area contributed by atoms with E-state index < -0.39 is 23.6 Å². The van der Waals surface area contributed by atoms with E-state index in [0.29, 0.717) is 11.3 Å². The second-order valence-electron chi connectivity index (χ2n) is 5.28. The van der Waals surface area contributed by atoms with Gasteiger partial charge in [-0.15, -0.1) is 0 Å². The number of rotatable bonds is 8. The molecular formula is C17H17N5O4. The summed E-state index contributed by atoms with van der Waals surface area (Å²) < 4.78 is 4.91. The van der Waals surface area contributed by atoms with E-state index in [1.54, 1.807) is 24.3 Å². The number of nitrogens with zero attached hydrogens (tertiary/aromatic N) is 1. The molecule has 1 unspecified atom stereocenters. The van der Waals surface area contributed by atoms with Crippen LogP contribution in [-0.2, 0) is 20.8 Å². The van der Waals surface area contributed by atoms with Gasteiger partial charge in [-0.3, -0.25) is 19.4 Å². The van der Waals surface area contributed by atoms with Gasteiger partial charge < -0.3 is 26.6 Å². The highest BCUT2D eigenvalue weighted by molar-refractivity contribution is 6.38. The first-order valence-electron chi connectivity index (χ1n) is 7.51. The second kappa shape index (κ2) is 8.38. The molecule has 2 aromatic rings. The third-order valence-corrected chi connectivity index (χ3v) is 3.50. The minimum absolute atomic E-state index is 0.00121. The maximum Gasteiger partial charge on any atom is 0.287 e. The van der Waals surface area contributed by atoms with E-state index in [9.17, 15) is 14.4 Å². The molecule has 0 bridgehead atoms. The van der Waals surface area contributed by atoms with Gasteiger partial charge in [-0.25, -0.2) is 0 Å². The Kier molecular flexibility index (Phi) is 5.99. The minimum Gasteiger partial charge on any atom is -0.472 e. The summed E-state index contributed by atoms with van der Waals surface area (Å²) in [5.41, 5.74) is 11.6. The Morgan fingerprint density at radius 3 is 2.58 bits per heavy atom. The maximum absolute atomic E-state index is 12.5. The van der Waals surface area contributed by atoms with Crippen molar-refractivity contribution in [3.8, 4) is 0 Å². The molecule has 0 saturated heterocycles. The lowest BCUT2D eigenvalue weighted by molar-refractivity contribution is -0.138. The molecule has 1 atom stereocenters. The summed E-state index contributed by atoms with van der Waals surface area (Å²) in [6, 6.07) is 5.29. The second-order valence-corrected chi connectivity index (χ2v) is 5.28. The molecular weight excluding hydrogens is 338 g/mol. The normalized spacial score (nSPS) is 12.6. The molecule has 2 rings (SSSR count). The lowest BCUT2D eigenvalue weighted by Gasteiger charge is -2.16. The summed E-state index contributed by atoms with van der Waals surface area (Å²) in [4.78, 5) is 39.8. The molecule has 0 fully saturated rings. The van der Waals surface area contributed by atoms with Gasteiger partial charge in [0.05, 0.1) is 29.5 Å². The Morgan fingerprint density at radius 1 is 1.27 bits per heavy atom. The number of hydrogen-bond acceptors (Lipinski definition) is 7. The van der Waals surface area contributed by atoms with Crippen LogP contribution in [0.15, 0.2) is 53.0 Å². The number of aromatic nitrogens is 1. The predicted molar refractivity (Wildman–Crippen MR) is 92.7 cm³/mol. The van der Waals surface area contributed by atoms with Gasteiger partial charge in [0.15, 0.2) is 0 Å². The van der Waals surface area contributed by atoms with Crippen LogP contribution in [0.1, 0.15) is 11.3 Å². The summed E-state index contributed by atoms with van der Waals surface area (Å²) in [6.07, 6.45) is 5.01. The summed E-state index contributed by atoms with van der Waals surface area (Å²) in [6.45, 7) is 0. The Bertz CT molecular complexity index is 843. The average Bonchev–Trinajstić information content (AvgIpc) is 3.14. The number of ketones is 1. The van der Waals surface area contributed by atoms with Crippen molar-refractivity contribution < 1.29 is 18.8 Å². The Morgan fingerprint density at radius 2 is 2.04 bits per heavy atom. The van der Waals surface area contributed by atoms with Crippen molar-refractivity contribution in [2.45, 2.75) is 12.5 Å². The van der Waals surface area contributed by atoms with Crippen LogP contribution in [-0.4, -0.2) is 34.8 Å². The number of pyridine rings is 1. The quantitative estimate of drug-likeness (QED) is 0.290.